The van der Waals surface area contributed by atoms with E-state index in [4.69, 9.17) is 9.84 Å². The number of rotatable bonds is 8. The average Bonchev–Trinajstić information content (AvgIpc) is 3.28. The quantitative estimate of drug-likeness (QED) is 0.433. The number of aliphatic hydroxyl groups excluding tert-OH is 1. The number of benzene rings is 1. The van der Waals surface area contributed by atoms with E-state index in [1.807, 2.05) is 13.8 Å². The number of unbranched alkanes of at least 4 members (excludes halogenated alkanes) is 1. The molecule has 9 nitrogen and oxygen atoms in total. The predicted octanol–water partition coefficient (Wildman–Crippen LogP) is 2.46. The molecule has 30 heavy (non-hydrogen) atoms. The van der Waals surface area contributed by atoms with Crippen molar-refractivity contribution >= 4 is 17.6 Å². The topological polar surface area (TPSA) is 119 Å². The molecule has 0 fully saturated rings. The third-order valence-electron chi connectivity index (χ3n) is 4.54. The Morgan fingerprint density at radius 2 is 1.93 bits per heavy atom. The van der Waals surface area contributed by atoms with Crippen LogP contribution >= 0.6 is 0 Å². The van der Waals surface area contributed by atoms with E-state index in [0.29, 0.717) is 24.3 Å². The van der Waals surface area contributed by atoms with Gasteiger partial charge in [-0.25, -0.2) is 9.78 Å². The lowest BCUT2D eigenvalue weighted by Gasteiger charge is -2.13. The highest BCUT2D eigenvalue weighted by Gasteiger charge is 2.18. The molecule has 0 radical (unpaired) electrons. The molecule has 156 valence electrons. The maximum atomic E-state index is 12.7. The van der Waals surface area contributed by atoms with E-state index in [1.165, 1.54) is 0 Å². The smallest absolute Gasteiger partial charge is 0.340 e. The van der Waals surface area contributed by atoms with Crippen molar-refractivity contribution < 1.29 is 19.4 Å². The number of hydrogen-bond acceptors (Lipinski definition) is 7. The summed E-state index contributed by atoms with van der Waals surface area (Å²) in [7, 11) is 0. The lowest BCUT2D eigenvalue weighted by Crippen LogP contribution is -2.18. The Balaban J connectivity index is 1.77. The Morgan fingerprint density at radius 3 is 2.60 bits per heavy atom. The number of imidazole rings is 1. The molecule has 2 heterocycles. The predicted molar refractivity (Wildman–Crippen MR) is 110 cm³/mol. The van der Waals surface area contributed by atoms with Crippen LogP contribution < -0.4 is 5.32 Å². The second kappa shape index (κ2) is 9.75. The van der Waals surface area contributed by atoms with Gasteiger partial charge in [0.05, 0.1) is 17.9 Å². The summed E-state index contributed by atoms with van der Waals surface area (Å²) >= 11 is 0. The first kappa shape index (κ1) is 21.1. The van der Waals surface area contributed by atoms with Gasteiger partial charge in [0.25, 0.3) is 5.91 Å². The minimum absolute atomic E-state index is 0.0448. The summed E-state index contributed by atoms with van der Waals surface area (Å²) in [6.07, 6.45) is 6.03. The molecule has 1 aromatic carbocycles. The van der Waals surface area contributed by atoms with Gasteiger partial charge in [0.2, 0.25) is 0 Å². The second-order valence-corrected chi connectivity index (χ2v) is 6.75. The number of aryl methyl sites for hydroxylation is 2. The first-order valence-electron chi connectivity index (χ1n) is 9.52. The number of esters is 1. The average molecular weight is 409 g/mol. The Kier molecular flexibility index (Phi) is 6.87. The number of carbonyl (C=O) groups is 2. The zero-order valence-electron chi connectivity index (χ0n) is 16.8. The molecule has 0 spiro atoms. The summed E-state index contributed by atoms with van der Waals surface area (Å²) in [5.74, 6) is -0.493. The van der Waals surface area contributed by atoms with Gasteiger partial charge in [-0.15, -0.1) is 10.2 Å². The molecule has 3 aromatic rings. The molecule has 0 aliphatic heterocycles. The van der Waals surface area contributed by atoms with Crippen molar-refractivity contribution in [1.82, 2.24) is 19.7 Å². The van der Waals surface area contributed by atoms with Gasteiger partial charge in [-0.2, -0.15) is 0 Å². The Bertz CT molecular complexity index is 1020. The van der Waals surface area contributed by atoms with Crippen molar-refractivity contribution in [1.29, 1.82) is 0 Å². The number of nitrogens with zero attached hydrogens (tertiary/aromatic N) is 4. The van der Waals surface area contributed by atoms with E-state index >= 15 is 0 Å². The van der Waals surface area contributed by atoms with Crippen LogP contribution in [0.3, 0.4) is 0 Å². The van der Waals surface area contributed by atoms with Gasteiger partial charge in [0, 0.05) is 19.0 Å². The van der Waals surface area contributed by atoms with Gasteiger partial charge in [0.1, 0.15) is 6.33 Å². The number of aliphatic hydroxyl groups is 1. The van der Waals surface area contributed by atoms with Crippen molar-refractivity contribution in [2.75, 3.05) is 18.5 Å². The molecule has 2 N–H and O–H groups in total. The van der Waals surface area contributed by atoms with Crippen molar-refractivity contribution in [3.05, 3.63) is 65.4 Å². The lowest BCUT2D eigenvalue weighted by molar-refractivity contribution is 0.0493. The van der Waals surface area contributed by atoms with Crippen molar-refractivity contribution in [3.63, 3.8) is 0 Å². The molecule has 0 saturated carbocycles. The van der Waals surface area contributed by atoms with Crippen molar-refractivity contribution in [2.45, 2.75) is 26.7 Å². The maximum absolute atomic E-state index is 12.7. The highest BCUT2D eigenvalue weighted by molar-refractivity contribution is 6.07. The number of nitrogens with one attached hydrogen (secondary N) is 1. The zero-order valence-corrected chi connectivity index (χ0v) is 16.8. The number of anilines is 1. The van der Waals surface area contributed by atoms with Gasteiger partial charge in [-0.1, -0.05) is 0 Å². The summed E-state index contributed by atoms with van der Waals surface area (Å²) in [6.45, 7) is 4.01. The molecular weight excluding hydrogens is 386 g/mol. The molecule has 3 rings (SSSR count). The van der Waals surface area contributed by atoms with Crippen LogP contribution in [-0.4, -0.2) is 49.9 Å². The Labute approximate surface area is 173 Å². The van der Waals surface area contributed by atoms with Crippen LogP contribution in [0.25, 0.3) is 5.82 Å². The van der Waals surface area contributed by atoms with Crippen molar-refractivity contribution in [2.24, 2.45) is 0 Å². The minimum Gasteiger partial charge on any atom is -0.462 e. The van der Waals surface area contributed by atoms with Crippen LogP contribution in [-0.2, 0) is 4.74 Å². The summed E-state index contributed by atoms with van der Waals surface area (Å²) in [5, 5.41) is 19.6. The van der Waals surface area contributed by atoms with E-state index in [-0.39, 0.29) is 24.5 Å². The Morgan fingerprint density at radius 1 is 1.13 bits per heavy atom. The number of carbonyl (C=O) groups excluding carboxylic acids is 2. The van der Waals surface area contributed by atoms with Gasteiger partial charge in [-0.3, -0.25) is 9.36 Å². The largest absolute Gasteiger partial charge is 0.462 e. The van der Waals surface area contributed by atoms with E-state index in [0.717, 1.165) is 11.1 Å². The van der Waals surface area contributed by atoms with Crippen LogP contribution in [0.2, 0.25) is 0 Å². The summed E-state index contributed by atoms with van der Waals surface area (Å²) in [4.78, 5) is 29.1. The molecule has 0 unspecified atom stereocenters. The molecule has 2 aromatic heterocycles. The number of amides is 1. The zero-order chi connectivity index (χ0) is 21.5. The first-order chi connectivity index (χ1) is 14.5. The molecular formula is C21H23N5O4. The highest BCUT2D eigenvalue weighted by Crippen LogP contribution is 2.23. The van der Waals surface area contributed by atoms with Gasteiger partial charge in [-0.05, 0) is 62.1 Å². The Hall–Kier alpha value is -3.59. The molecule has 1 amide bonds. The first-order valence-corrected chi connectivity index (χ1v) is 9.52. The maximum Gasteiger partial charge on any atom is 0.340 e. The van der Waals surface area contributed by atoms with Crippen LogP contribution in [0.1, 0.15) is 44.8 Å². The summed E-state index contributed by atoms with van der Waals surface area (Å²) < 4.78 is 6.94. The van der Waals surface area contributed by atoms with E-state index in [1.54, 1.807) is 47.6 Å². The number of hydrogen-bond donors (Lipinski definition) is 2. The summed E-state index contributed by atoms with van der Waals surface area (Å²) in [6, 6.07) is 6.61. The van der Waals surface area contributed by atoms with Crippen LogP contribution in [0.5, 0.6) is 0 Å². The van der Waals surface area contributed by atoms with Gasteiger partial charge < -0.3 is 15.2 Å². The lowest BCUT2D eigenvalue weighted by atomic mass is 10.0. The number of ether oxygens (including phenoxy) is 1. The summed E-state index contributed by atoms with van der Waals surface area (Å²) in [5.41, 5.74) is 2.54. The number of aromatic nitrogens is 4. The van der Waals surface area contributed by atoms with Crippen LogP contribution in [0.15, 0.2) is 43.0 Å². The van der Waals surface area contributed by atoms with E-state index < -0.39 is 11.9 Å². The third kappa shape index (κ3) is 5.06. The molecule has 0 aliphatic carbocycles. The molecule has 0 aliphatic rings. The fourth-order valence-electron chi connectivity index (χ4n) is 2.71. The van der Waals surface area contributed by atoms with E-state index in [9.17, 15) is 9.59 Å². The third-order valence-corrected chi connectivity index (χ3v) is 4.54. The van der Waals surface area contributed by atoms with Crippen molar-refractivity contribution in [3.8, 4) is 5.82 Å². The normalized spacial score (nSPS) is 10.6. The van der Waals surface area contributed by atoms with Gasteiger partial charge in [0.15, 0.2) is 11.5 Å². The fourth-order valence-corrected chi connectivity index (χ4v) is 2.71. The molecule has 0 saturated heterocycles. The fraction of sp³-hybridized carbons (Fsp3) is 0.286. The minimum atomic E-state index is -0.534. The van der Waals surface area contributed by atoms with Crippen LogP contribution in [0.4, 0.5) is 5.69 Å². The SMILES string of the molecule is Cc1cc(NC(=O)c2ccc(-n3ccnc3)nn2)c(C(=O)OCCCCO)cc1C. The highest BCUT2D eigenvalue weighted by atomic mass is 16.5. The second-order valence-electron chi connectivity index (χ2n) is 6.75. The van der Waals surface area contributed by atoms with Crippen LogP contribution in [0, 0.1) is 13.8 Å². The molecule has 0 atom stereocenters. The molecule has 9 heteroatoms. The van der Waals surface area contributed by atoms with E-state index in [2.05, 4.69) is 20.5 Å². The molecule has 0 bridgehead atoms. The standard InChI is InChI=1S/C21H23N5O4/c1-14-11-16(21(29)30-10-4-3-9-27)18(12-15(14)2)23-20(28)17-5-6-19(25-24-17)26-8-7-22-13-26/h5-8,11-13,27H,3-4,9-10H2,1-2H3,(H,23,28). The van der Waals surface area contributed by atoms with Gasteiger partial charge >= 0.3 is 5.97 Å². The monoisotopic (exact) mass is 409 g/mol.